The van der Waals surface area contributed by atoms with Gasteiger partial charge in [-0.15, -0.1) is 0 Å². The zero-order chi connectivity index (χ0) is 15.0. The summed E-state index contributed by atoms with van der Waals surface area (Å²) < 4.78 is 7.77. The quantitative estimate of drug-likeness (QED) is 0.694. The van der Waals surface area contributed by atoms with Crippen molar-refractivity contribution in [3.63, 3.8) is 0 Å². The number of halogens is 1. The molecule has 0 radical (unpaired) electrons. The maximum Gasteiger partial charge on any atom is 0.298 e. The number of fused-ring (bicyclic) bond motifs is 1. The molecule has 0 aliphatic carbocycles. The van der Waals surface area contributed by atoms with Crippen LogP contribution in [0, 0.1) is 0 Å². The van der Waals surface area contributed by atoms with E-state index in [1.54, 1.807) is 31.4 Å². The molecule has 2 aromatic heterocycles. The van der Waals surface area contributed by atoms with E-state index in [0.29, 0.717) is 17.7 Å². The number of carbonyl (C=O) groups excluding carboxylic acids is 1. The van der Waals surface area contributed by atoms with Crippen molar-refractivity contribution in [1.29, 1.82) is 0 Å². The lowest BCUT2D eigenvalue weighted by Crippen LogP contribution is -2.21. The highest BCUT2D eigenvalue weighted by atomic mass is 35.5. The van der Waals surface area contributed by atoms with Crippen LogP contribution in [0.1, 0.15) is 10.5 Å². The second kappa shape index (κ2) is 5.06. The van der Waals surface area contributed by atoms with Crippen LogP contribution in [0.15, 0.2) is 41.5 Å². The smallest absolute Gasteiger partial charge is 0.298 e. The molecule has 0 aliphatic heterocycles. The largest absolute Gasteiger partial charge is 0.497 e. The van der Waals surface area contributed by atoms with Crippen LogP contribution in [0.3, 0.4) is 0 Å². The Morgan fingerprint density at radius 1 is 1.29 bits per heavy atom. The molecule has 0 bridgehead atoms. The number of carbonyl (C=O) groups is 1. The number of rotatable bonds is 3. The summed E-state index contributed by atoms with van der Waals surface area (Å²) >= 11 is 6.15. The highest BCUT2D eigenvalue weighted by Crippen LogP contribution is 2.17. The SMILES string of the molecule is COc1ccc(-n2cc(Cl)n3c(C=O)cnc3c2=O)cc1. The number of methoxy groups -OCH3 is 1. The normalized spacial score (nSPS) is 10.8. The summed E-state index contributed by atoms with van der Waals surface area (Å²) in [6, 6.07) is 6.94. The Morgan fingerprint density at radius 3 is 2.62 bits per heavy atom. The molecule has 6 nitrogen and oxygen atoms in total. The van der Waals surface area contributed by atoms with Crippen LogP contribution < -0.4 is 10.3 Å². The van der Waals surface area contributed by atoms with E-state index in [9.17, 15) is 9.59 Å². The number of imidazole rings is 1. The molecule has 0 atom stereocenters. The Labute approximate surface area is 124 Å². The summed E-state index contributed by atoms with van der Waals surface area (Å²) in [6.07, 6.45) is 3.37. The van der Waals surface area contributed by atoms with Crippen molar-refractivity contribution in [2.45, 2.75) is 0 Å². The number of nitrogens with zero attached hydrogens (tertiary/aromatic N) is 3. The van der Waals surface area contributed by atoms with Gasteiger partial charge in [0.1, 0.15) is 16.6 Å². The van der Waals surface area contributed by atoms with Gasteiger partial charge < -0.3 is 4.74 Å². The summed E-state index contributed by atoms with van der Waals surface area (Å²) in [5, 5.41) is 0.222. The number of benzene rings is 1. The summed E-state index contributed by atoms with van der Waals surface area (Å²) in [6.45, 7) is 0. The standard InChI is InChI=1S/C14H10ClN3O3/c1-21-11-4-2-9(3-5-11)17-7-12(15)18-10(8-19)6-16-13(18)14(17)20/h2-8H,1H3. The molecule has 3 aromatic rings. The first kappa shape index (κ1) is 13.4. The predicted molar refractivity (Wildman–Crippen MR) is 77.7 cm³/mol. The molecule has 0 saturated heterocycles. The van der Waals surface area contributed by atoms with Gasteiger partial charge in [-0.1, -0.05) is 11.6 Å². The maximum atomic E-state index is 12.4. The van der Waals surface area contributed by atoms with E-state index < -0.39 is 0 Å². The highest BCUT2D eigenvalue weighted by molar-refractivity contribution is 6.29. The van der Waals surface area contributed by atoms with Crippen LogP contribution in [0.25, 0.3) is 11.3 Å². The van der Waals surface area contributed by atoms with E-state index in [1.807, 2.05) is 0 Å². The van der Waals surface area contributed by atoms with Crippen molar-refractivity contribution >= 4 is 23.5 Å². The molecule has 106 valence electrons. The van der Waals surface area contributed by atoms with E-state index in [4.69, 9.17) is 16.3 Å². The van der Waals surface area contributed by atoms with E-state index in [0.717, 1.165) is 0 Å². The minimum Gasteiger partial charge on any atom is -0.497 e. The third kappa shape index (κ3) is 2.09. The van der Waals surface area contributed by atoms with Gasteiger partial charge in [-0.3, -0.25) is 18.6 Å². The predicted octanol–water partition coefficient (Wildman–Crippen LogP) is 1.96. The summed E-state index contributed by atoms with van der Waals surface area (Å²) in [7, 11) is 1.57. The Bertz CT molecular complexity index is 881. The molecule has 0 N–H and O–H groups in total. The molecule has 0 amide bonds. The topological polar surface area (TPSA) is 65.6 Å². The second-order valence-electron chi connectivity index (χ2n) is 4.28. The van der Waals surface area contributed by atoms with Gasteiger partial charge in [0.25, 0.3) is 5.56 Å². The van der Waals surface area contributed by atoms with E-state index >= 15 is 0 Å². The van der Waals surface area contributed by atoms with Gasteiger partial charge in [-0.05, 0) is 24.3 Å². The molecule has 21 heavy (non-hydrogen) atoms. The fraction of sp³-hybridized carbons (Fsp3) is 0.0714. The summed E-state index contributed by atoms with van der Waals surface area (Å²) in [5.41, 5.74) is 0.591. The Morgan fingerprint density at radius 2 is 2.00 bits per heavy atom. The lowest BCUT2D eigenvalue weighted by atomic mass is 10.3. The third-order valence-corrected chi connectivity index (χ3v) is 3.39. The molecule has 0 spiro atoms. The molecule has 2 heterocycles. The fourth-order valence-electron chi connectivity index (χ4n) is 2.09. The first-order chi connectivity index (χ1) is 10.2. The van der Waals surface area contributed by atoms with Crippen molar-refractivity contribution in [2.75, 3.05) is 7.11 Å². The molecule has 3 rings (SSSR count). The minimum absolute atomic E-state index is 0.0976. The summed E-state index contributed by atoms with van der Waals surface area (Å²) in [4.78, 5) is 27.3. The first-order valence-corrected chi connectivity index (χ1v) is 6.41. The minimum atomic E-state index is -0.363. The van der Waals surface area contributed by atoms with Gasteiger partial charge in [-0.25, -0.2) is 4.98 Å². The number of ether oxygens (including phenoxy) is 1. The molecule has 0 fully saturated rings. The van der Waals surface area contributed by atoms with Gasteiger partial charge in [0.15, 0.2) is 6.29 Å². The molecular weight excluding hydrogens is 294 g/mol. The Hall–Kier alpha value is -2.60. The number of hydrogen-bond acceptors (Lipinski definition) is 4. The van der Waals surface area contributed by atoms with Crippen LogP contribution in [-0.4, -0.2) is 27.3 Å². The first-order valence-electron chi connectivity index (χ1n) is 6.04. The molecular formula is C14H10ClN3O3. The highest BCUT2D eigenvalue weighted by Gasteiger charge is 2.13. The number of hydrogen-bond donors (Lipinski definition) is 0. The van der Waals surface area contributed by atoms with Crippen LogP contribution >= 0.6 is 11.6 Å². The van der Waals surface area contributed by atoms with Crippen molar-refractivity contribution in [3.8, 4) is 11.4 Å². The second-order valence-corrected chi connectivity index (χ2v) is 4.67. The average Bonchev–Trinajstić information content (AvgIpc) is 2.96. The van der Waals surface area contributed by atoms with E-state index in [1.165, 1.54) is 21.4 Å². The van der Waals surface area contributed by atoms with Crippen molar-refractivity contribution in [3.05, 3.63) is 57.9 Å². The lowest BCUT2D eigenvalue weighted by Gasteiger charge is -2.09. The molecule has 0 unspecified atom stereocenters. The molecule has 0 saturated carbocycles. The third-order valence-electron chi connectivity index (χ3n) is 3.12. The molecule has 7 heteroatoms. The van der Waals surface area contributed by atoms with Gasteiger partial charge in [0.05, 0.1) is 13.3 Å². The summed E-state index contributed by atoms with van der Waals surface area (Å²) in [5.74, 6) is 0.683. The Kier molecular flexibility index (Phi) is 3.23. The van der Waals surface area contributed by atoms with Crippen molar-refractivity contribution in [2.24, 2.45) is 0 Å². The Balaban J connectivity index is 2.26. The van der Waals surface area contributed by atoms with Crippen molar-refractivity contribution in [1.82, 2.24) is 14.0 Å². The zero-order valence-corrected chi connectivity index (χ0v) is 11.7. The molecule has 0 aliphatic rings. The van der Waals surface area contributed by atoms with Gasteiger partial charge >= 0.3 is 0 Å². The fourth-order valence-corrected chi connectivity index (χ4v) is 2.36. The lowest BCUT2D eigenvalue weighted by molar-refractivity contribution is 0.111. The van der Waals surface area contributed by atoms with Crippen LogP contribution in [0.2, 0.25) is 5.15 Å². The van der Waals surface area contributed by atoms with Gasteiger partial charge in [0.2, 0.25) is 5.65 Å². The van der Waals surface area contributed by atoms with E-state index in [2.05, 4.69) is 4.98 Å². The van der Waals surface area contributed by atoms with Crippen LogP contribution in [-0.2, 0) is 0 Å². The molecule has 1 aromatic carbocycles. The number of aldehydes is 1. The monoisotopic (exact) mass is 303 g/mol. The zero-order valence-electron chi connectivity index (χ0n) is 11.0. The van der Waals surface area contributed by atoms with Crippen LogP contribution in [0.4, 0.5) is 0 Å². The average molecular weight is 304 g/mol. The van der Waals surface area contributed by atoms with Gasteiger partial charge in [-0.2, -0.15) is 0 Å². The maximum absolute atomic E-state index is 12.4. The number of aromatic nitrogens is 3. The van der Waals surface area contributed by atoms with Crippen molar-refractivity contribution < 1.29 is 9.53 Å². The van der Waals surface area contributed by atoms with E-state index in [-0.39, 0.29) is 22.1 Å². The van der Waals surface area contributed by atoms with Crippen LogP contribution in [0.5, 0.6) is 5.75 Å². The van der Waals surface area contributed by atoms with Gasteiger partial charge in [0, 0.05) is 11.9 Å².